The first-order valence-electron chi connectivity index (χ1n) is 12.4. The van der Waals surface area contributed by atoms with Gasteiger partial charge in [0.15, 0.2) is 11.5 Å². The first-order chi connectivity index (χ1) is 17.5. The van der Waals surface area contributed by atoms with Crippen LogP contribution >= 0.6 is 0 Å². The van der Waals surface area contributed by atoms with E-state index >= 15 is 0 Å². The molecule has 1 fully saturated rings. The first kappa shape index (κ1) is 22.6. The van der Waals surface area contributed by atoms with Crippen LogP contribution in [0.5, 0.6) is 11.5 Å². The zero-order chi connectivity index (χ0) is 24.8. The second kappa shape index (κ2) is 8.98. The summed E-state index contributed by atoms with van der Waals surface area (Å²) in [4.78, 5) is 31.3. The predicted octanol–water partition coefficient (Wildman–Crippen LogP) is 2.91. The number of aryl methyl sites for hydroxylation is 1. The summed E-state index contributed by atoms with van der Waals surface area (Å²) >= 11 is 0. The monoisotopic (exact) mass is 487 g/mol. The van der Waals surface area contributed by atoms with E-state index in [2.05, 4.69) is 16.1 Å². The Kier molecular flexibility index (Phi) is 5.64. The highest BCUT2D eigenvalue weighted by Gasteiger charge is 2.31. The van der Waals surface area contributed by atoms with Crippen molar-refractivity contribution in [3.05, 3.63) is 64.6 Å². The van der Waals surface area contributed by atoms with E-state index in [1.807, 2.05) is 52.8 Å². The number of amides is 1. The molecule has 4 heterocycles. The lowest BCUT2D eigenvalue weighted by Gasteiger charge is -2.36. The molecule has 4 aromatic rings. The Hall–Kier alpha value is -3.85. The fraction of sp³-hybridized carbons (Fsp3) is 0.370. The summed E-state index contributed by atoms with van der Waals surface area (Å²) in [6.07, 6.45) is 2.32. The normalized spacial score (nSPS) is 16.7. The lowest BCUT2D eigenvalue weighted by molar-refractivity contribution is -0.136. The average Bonchev–Trinajstić information content (AvgIpc) is 3.50. The number of hydrogen-bond donors (Lipinski definition) is 0. The van der Waals surface area contributed by atoms with Crippen molar-refractivity contribution in [3.8, 4) is 11.5 Å². The molecule has 1 atom stereocenters. The van der Waals surface area contributed by atoms with Gasteiger partial charge in [0.2, 0.25) is 12.7 Å². The van der Waals surface area contributed by atoms with Gasteiger partial charge in [-0.1, -0.05) is 31.2 Å². The lowest BCUT2D eigenvalue weighted by atomic mass is 10.1. The van der Waals surface area contributed by atoms with Crippen LogP contribution in [0.4, 0.5) is 0 Å². The third kappa shape index (κ3) is 3.71. The summed E-state index contributed by atoms with van der Waals surface area (Å²) in [6, 6.07) is 13.5. The molecule has 0 saturated carbocycles. The number of carbonyl (C=O) groups excluding carboxylic acids is 1. The number of aromatic nitrogens is 3. The first-order valence-corrected chi connectivity index (χ1v) is 12.4. The fourth-order valence-corrected chi connectivity index (χ4v) is 5.41. The minimum atomic E-state index is -0.456. The third-order valence-electron chi connectivity index (χ3n) is 7.32. The van der Waals surface area contributed by atoms with Gasteiger partial charge in [-0.2, -0.15) is 5.10 Å². The number of ether oxygens (including phenoxy) is 2. The number of rotatable bonds is 5. The van der Waals surface area contributed by atoms with Crippen LogP contribution in [-0.2, 0) is 18.4 Å². The number of para-hydroxylation sites is 1. The van der Waals surface area contributed by atoms with Crippen molar-refractivity contribution in [2.45, 2.75) is 25.9 Å². The van der Waals surface area contributed by atoms with Gasteiger partial charge in [0.25, 0.3) is 5.56 Å². The number of piperazine rings is 1. The van der Waals surface area contributed by atoms with Gasteiger partial charge in [0, 0.05) is 50.5 Å². The van der Waals surface area contributed by atoms with Gasteiger partial charge in [-0.05, 0) is 30.2 Å². The molecule has 0 unspecified atom stereocenters. The van der Waals surface area contributed by atoms with Crippen molar-refractivity contribution in [3.63, 3.8) is 0 Å². The molecule has 1 saturated heterocycles. The second-order valence-corrected chi connectivity index (χ2v) is 9.44. The standard InChI is InChI=1S/C27H29N5O4/c1-3-21(32-22-7-5-4-6-19(22)20-15-28-29(2)27(34)25(20)32)26(33)31-12-10-30(11-13-31)16-18-8-9-23-24(14-18)36-17-35-23/h4-9,14-15,21H,3,10-13,16-17H2,1-2H3/t21-/m0/s1. The van der Waals surface area contributed by atoms with Gasteiger partial charge in [-0.15, -0.1) is 0 Å². The molecule has 186 valence electrons. The van der Waals surface area contributed by atoms with Crippen LogP contribution in [0.3, 0.4) is 0 Å². The zero-order valence-corrected chi connectivity index (χ0v) is 20.5. The molecule has 6 rings (SSSR count). The SMILES string of the molecule is CC[C@@H](C(=O)N1CCN(Cc2ccc3c(c2)OCO3)CC1)n1c2ccccc2c2cnn(C)c(=O)c21. The summed E-state index contributed by atoms with van der Waals surface area (Å²) in [6.45, 7) is 5.95. The van der Waals surface area contributed by atoms with E-state index in [1.54, 1.807) is 13.2 Å². The van der Waals surface area contributed by atoms with Crippen LogP contribution in [0.25, 0.3) is 21.8 Å². The molecule has 0 spiro atoms. The molecule has 0 N–H and O–H groups in total. The summed E-state index contributed by atoms with van der Waals surface area (Å²) in [5.41, 5.74) is 2.40. The molecule has 9 nitrogen and oxygen atoms in total. The van der Waals surface area contributed by atoms with Crippen LogP contribution in [0.15, 0.2) is 53.5 Å². The molecule has 1 amide bonds. The Labute approximate surface area is 208 Å². The molecular weight excluding hydrogens is 458 g/mol. The van der Waals surface area contributed by atoms with Gasteiger partial charge in [-0.25, -0.2) is 4.68 Å². The molecule has 0 bridgehead atoms. The molecule has 2 aromatic heterocycles. The van der Waals surface area contributed by atoms with Crippen molar-refractivity contribution >= 4 is 27.7 Å². The Morgan fingerprint density at radius 3 is 2.61 bits per heavy atom. The number of carbonyl (C=O) groups is 1. The quantitative estimate of drug-likeness (QED) is 0.431. The largest absolute Gasteiger partial charge is 0.454 e. The average molecular weight is 488 g/mol. The Balaban J connectivity index is 1.24. The highest BCUT2D eigenvalue weighted by molar-refractivity contribution is 6.08. The Morgan fingerprint density at radius 2 is 1.81 bits per heavy atom. The molecule has 9 heteroatoms. The number of benzene rings is 2. The summed E-state index contributed by atoms with van der Waals surface area (Å²) in [7, 11) is 1.64. The van der Waals surface area contributed by atoms with Gasteiger partial charge in [0.05, 0.1) is 11.7 Å². The third-order valence-corrected chi connectivity index (χ3v) is 7.32. The maximum atomic E-state index is 13.8. The van der Waals surface area contributed by atoms with E-state index < -0.39 is 6.04 Å². The zero-order valence-electron chi connectivity index (χ0n) is 20.5. The smallest absolute Gasteiger partial charge is 0.291 e. The van der Waals surface area contributed by atoms with E-state index in [4.69, 9.17) is 9.47 Å². The van der Waals surface area contributed by atoms with E-state index in [9.17, 15) is 9.59 Å². The summed E-state index contributed by atoms with van der Waals surface area (Å²) < 4.78 is 14.2. The van der Waals surface area contributed by atoms with Crippen molar-refractivity contribution in [1.29, 1.82) is 0 Å². The van der Waals surface area contributed by atoms with Crippen LogP contribution < -0.4 is 15.0 Å². The van der Waals surface area contributed by atoms with Crippen molar-refractivity contribution < 1.29 is 14.3 Å². The lowest BCUT2D eigenvalue weighted by Crippen LogP contribution is -2.50. The van der Waals surface area contributed by atoms with Crippen LogP contribution in [0, 0.1) is 0 Å². The highest BCUT2D eigenvalue weighted by atomic mass is 16.7. The van der Waals surface area contributed by atoms with Crippen molar-refractivity contribution in [2.24, 2.45) is 7.05 Å². The fourth-order valence-electron chi connectivity index (χ4n) is 5.41. The van der Waals surface area contributed by atoms with E-state index in [0.717, 1.165) is 47.4 Å². The highest BCUT2D eigenvalue weighted by Crippen LogP contribution is 2.34. The minimum Gasteiger partial charge on any atom is -0.454 e. The van der Waals surface area contributed by atoms with Crippen LogP contribution in [0.2, 0.25) is 0 Å². The number of hydrogen-bond acceptors (Lipinski definition) is 6. The van der Waals surface area contributed by atoms with Crippen LogP contribution in [0.1, 0.15) is 24.9 Å². The van der Waals surface area contributed by atoms with Crippen LogP contribution in [-0.4, -0.2) is 63.0 Å². The van der Waals surface area contributed by atoms with Crippen molar-refractivity contribution in [2.75, 3.05) is 33.0 Å². The van der Waals surface area contributed by atoms with Gasteiger partial charge in [-0.3, -0.25) is 14.5 Å². The molecule has 36 heavy (non-hydrogen) atoms. The summed E-state index contributed by atoms with van der Waals surface area (Å²) in [5.74, 6) is 1.64. The maximum Gasteiger partial charge on any atom is 0.291 e. The Morgan fingerprint density at radius 1 is 1.03 bits per heavy atom. The van der Waals surface area contributed by atoms with E-state index in [-0.39, 0.29) is 18.3 Å². The molecule has 2 aliphatic heterocycles. The number of nitrogens with zero attached hydrogens (tertiary/aromatic N) is 5. The second-order valence-electron chi connectivity index (χ2n) is 9.44. The Bertz CT molecular complexity index is 1520. The van der Waals surface area contributed by atoms with Gasteiger partial charge >= 0.3 is 0 Å². The van der Waals surface area contributed by atoms with Gasteiger partial charge < -0.3 is 18.9 Å². The predicted molar refractivity (Wildman–Crippen MR) is 136 cm³/mol. The maximum absolute atomic E-state index is 13.8. The number of fused-ring (bicyclic) bond motifs is 4. The molecule has 2 aromatic carbocycles. The van der Waals surface area contributed by atoms with Crippen molar-refractivity contribution in [1.82, 2.24) is 24.1 Å². The molecule has 2 aliphatic rings. The molecular formula is C27H29N5O4. The van der Waals surface area contributed by atoms with Gasteiger partial charge in [0.1, 0.15) is 11.6 Å². The van der Waals surface area contributed by atoms with E-state index in [1.165, 1.54) is 10.2 Å². The summed E-state index contributed by atoms with van der Waals surface area (Å²) in [5, 5.41) is 5.95. The minimum absolute atomic E-state index is 0.0572. The van der Waals surface area contributed by atoms with E-state index in [0.29, 0.717) is 25.0 Å². The molecule has 0 radical (unpaired) electrons. The molecule has 0 aliphatic carbocycles. The topological polar surface area (TPSA) is 81.8 Å².